The van der Waals surface area contributed by atoms with Gasteiger partial charge in [-0.3, -0.25) is 9.48 Å². The van der Waals surface area contributed by atoms with E-state index in [0.29, 0.717) is 0 Å². The normalized spacial score (nSPS) is 14.5. The Kier molecular flexibility index (Phi) is 4.37. The van der Waals surface area contributed by atoms with Crippen LogP contribution in [0.1, 0.15) is 13.3 Å². The van der Waals surface area contributed by atoms with Crippen LogP contribution in [0.4, 0.5) is 0 Å². The zero-order valence-corrected chi connectivity index (χ0v) is 13.2. The standard InChI is InChI=1S/C15H18N2O4S/c1-15(14(18)19,22(2,20)21)8-9-17-11-13(10-16-17)12-6-4-3-5-7-12/h3-7,10-11H,8-9H2,1-2H3,(H,18,19)/t15-/m1/s1. The number of aromatic nitrogens is 2. The van der Waals surface area contributed by atoms with E-state index in [1.165, 1.54) is 6.92 Å². The van der Waals surface area contributed by atoms with Gasteiger partial charge in [0.1, 0.15) is 0 Å². The van der Waals surface area contributed by atoms with E-state index in [1.54, 1.807) is 17.1 Å². The number of carboxylic acid groups (broad SMARTS) is 1. The van der Waals surface area contributed by atoms with E-state index in [-0.39, 0.29) is 13.0 Å². The van der Waals surface area contributed by atoms with Crippen LogP contribution in [0.2, 0.25) is 0 Å². The van der Waals surface area contributed by atoms with Crippen molar-refractivity contribution in [2.75, 3.05) is 6.26 Å². The molecule has 0 amide bonds. The van der Waals surface area contributed by atoms with E-state index >= 15 is 0 Å². The summed E-state index contributed by atoms with van der Waals surface area (Å²) in [5.74, 6) is -1.34. The number of benzene rings is 1. The van der Waals surface area contributed by atoms with Gasteiger partial charge in [-0.25, -0.2) is 8.42 Å². The Morgan fingerprint density at radius 1 is 1.27 bits per heavy atom. The largest absolute Gasteiger partial charge is 0.480 e. The second-order valence-electron chi connectivity index (χ2n) is 5.42. The predicted octanol–water partition coefficient (Wildman–Crippen LogP) is 1.83. The lowest BCUT2D eigenvalue weighted by atomic mass is 10.1. The minimum Gasteiger partial charge on any atom is -0.480 e. The first-order valence-corrected chi connectivity index (χ1v) is 8.64. The lowest BCUT2D eigenvalue weighted by Gasteiger charge is -2.22. The Bertz CT molecular complexity index is 768. The SMILES string of the molecule is C[C@@](CCn1cc(-c2ccccc2)cn1)(C(=O)O)S(C)(=O)=O. The topological polar surface area (TPSA) is 89.3 Å². The van der Waals surface area contributed by atoms with Crippen LogP contribution >= 0.6 is 0 Å². The fourth-order valence-electron chi connectivity index (χ4n) is 2.04. The maximum Gasteiger partial charge on any atom is 0.324 e. The molecule has 0 saturated heterocycles. The van der Waals surface area contributed by atoms with Crippen LogP contribution in [0.5, 0.6) is 0 Å². The molecule has 0 saturated carbocycles. The van der Waals surface area contributed by atoms with Crippen molar-refractivity contribution in [1.29, 1.82) is 0 Å². The van der Waals surface area contributed by atoms with Gasteiger partial charge in [0, 0.05) is 24.6 Å². The molecule has 0 radical (unpaired) electrons. The molecule has 7 heteroatoms. The molecule has 0 fully saturated rings. The minimum atomic E-state index is -3.72. The number of rotatable bonds is 6. The lowest BCUT2D eigenvalue weighted by Crippen LogP contribution is -2.43. The molecule has 1 heterocycles. The average Bonchev–Trinajstić information content (AvgIpc) is 2.93. The van der Waals surface area contributed by atoms with Crippen LogP contribution in [0.3, 0.4) is 0 Å². The molecule has 1 N–H and O–H groups in total. The summed E-state index contributed by atoms with van der Waals surface area (Å²) in [5, 5.41) is 13.4. The molecule has 0 unspecified atom stereocenters. The number of hydrogen-bond acceptors (Lipinski definition) is 4. The van der Waals surface area contributed by atoms with Crippen LogP contribution in [0, 0.1) is 0 Å². The molecular formula is C15H18N2O4S. The molecule has 0 bridgehead atoms. The Hall–Kier alpha value is -2.15. The zero-order chi connectivity index (χ0) is 16.4. The van der Waals surface area contributed by atoms with Crippen molar-refractivity contribution >= 4 is 15.8 Å². The van der Waals surface area contributed by atoms with Crippen molar-refractivity contribution in [1.82, 2.24) is 9.78 Å². The molecule has 1 atom stereocenters. The van der Waals surface area contributed by atoms with Crippen LogP contribution < -0.4 is 0 Å². The van der Waals surface area contributed by atoms with E-state index in [4.69, 9.17) is 0 Å². The molecule has 0 aliphatic heterocycles. The van der Waals surface area contributed by atoms with Gasteiger partial charge < -0.3 is 5.11 Å². The van der Waals surface area contributed by atoms with Gasteiger partial charge in [0.05, 0.1) is 6.20 Å². The number of sulfone groups is 1. The molecule has 1 aromatic carbocycles. The number of hydrogen-bond donors (Lipinski definition) is 1. The molecule has 0 aliphatic rings. The first-order valence-electron chi connectivity index (χ1n) is 6.75. The maximum atomic E-state index is 11.7. The van der Waals surface area contributed by atoms with Gasteiger partial charge in [-0.15, -0.1) is 0 Å². The van der Waals surface area contributed by atoms with Gasteiger partial charge in [0.2, 0.25) is 0 Å². The van der Waals surface area contributed by atoms with Crippen molar-refractivity contribution in [3.63, 3.8) is 0 Å². The number of aryl methyl sites for hydroxylation is 1. The molecule has 118 valence electrons. The molecular weight excluding hydrogens is 304 g/mol. The van der Waals surface area contributed by atoms with E-state index in [1.807, 2.05) is 30.3 Å². The molecule has 0 aliphatic carbocycles. The van der Waals surface area contributed by atoms with Gasteiger partial charge in [-0.1, -0.05) is 30.3 Å². The fourth-order valence-corrected chi connectivity index (χ4v) is 2.82. The number of aliphatic carboxylic acids is 1. The monoisotopic (exact) mass is 322 g/mol. The van der Waals surface area contributed by atoms with Gasteiger partial charge in [-0.05, 0) is 18.9 Å². The number of carboxylic acids is 1. The maximum absolute atomic E-state index is 11.7. The van der Waals surface area contributed by atoms with E-state index in [0.717, 1.165) is 17.4 Å². The van der Waals surface area contributed by atoms with Gasteiger partial charge in [0.25, 0.3) is 0 Å². The first kappa shape index (κ1) is 16.2. The fraction of sp³-hybridized carbons (Fsp3) is 0.333. The Balaban J connectivity index is 2.16. The molecule has 2 aromatic rings. The second kappa shape index (κ2) is 5.92. The summed E-state index contributed by atoms with van der Waals surface area (Å²) in [4.78, 5) is 11.3. The first-order chi connectivity index (χ1) is 10.2. The predicted molar refractivity (Wildman–Crippen MR) is 83.2 cm³/mol. The van der Waals surface area contributed by atoms with Crippen LogP contribution in [0.25, 0.3) is 11.1 Å². The second-order valence-corrected chi connectivity index (χ2v) is 7.86. The van der Waals surface area contributed by atoms with E-state index in [9.17, 15) is 18.3 Å². The highest BCUT2D eigenvalue weighted by atomic mass is 32.2. The van der Waals surface area contributed by atoms with Gasteiger partial charge in [-0.2, -0.15) is 5.10 Å². The molecule has 1 aromatic heterocycles. The summed E-state index contributed by atoms with van der Waals surface area (Å²) < 4.78 is 23.2. The summed E-state index contributed by atoms with van der Waals surface area (Å²) in [6.45, 7) is 1.44. The smallest absolute Gasteiger partial charge is 0.324 e. The van der Waals surface area contributed by atoms with Gasteiger partial charge >= 0.3 is 5.97 Å². The Morgan fingerprint density at radius 2 is 1.91 bits per heavy atom. The van der Waals surface area contributed by atoms with Crippen molar-refractivity contribution in [3.8, 4) is 11.1 Å². The van der Waals surface area contributed by atoms with Crippen LogP contribution in [-0.2, 0) is 21.2 Å². The number of nitrogens with zero attached hydrogens (tertiary/aromatic N) is 2. The molecule has 0 spiro atoms. The van der Waals surface area contributed by atoms with Crippen LogP contribution in [0.15, 0.2) is 42.7 Å². The molecule has 2 rings (SSSR count). The molecule has 6 nitrogen and oxygen atoms in total. The summed E-state index contributed by atoms with van der Waals surface area (Å²) in [7, 11) is -3.72. The van der Waals surface area contributed by atoms with Crippen molar-refractivity contribution < 1.29 is 18.3 Å². The van der Waals surface area contributed by atoms with Crippen molar-refractivity contribution in [2.45, 2.75) is 24.6 Å². The summed E-state index contributed by atoms with van der Waals surface area (Å²) >= 11 is 0. The average molecular weight is 322 g/mol. The Labute approximate surface area is 129 Å². The minimum absolute atomic E-state index is 0.0446. The van der Waals surface area contributed by atoms with Crippen molar-refractivity contribution in [3.05, 3.63) is 42.7 Å². The lowest BCUT2D eigenvalue weighted by molar-refractivity contribution is -0.139. The zero-order valence-electron chi connectivity index (χ0n) is 12.4. The van der Waals surface area contributed by atoms with Gasteiger partial charge in [0.15, 0.2) is 14.6 Å². The molecule has 22 heavy (non-hydrogen) atoms. The highest BCUT2D eigenvalue weighted by molar-refractivity contribution is 7.92. The highest BCUT2D eigenvalue weighted by Crippen LogP contribution is 2.23. The quantitative estimate of drug-likeness (QED) is 0.876. The summed E-state index contributed by atoms with van der Waals surface area (Å²) in [6.07, 6.45) is 4.35. The summed E-state index contributed by atoms with van der Waals surface area (Å²) in [6, 6.07) is 9.63. The van der Waals surface area contributed by atoms with E-state index < -0.39 is 20.6 Å². The number of carbonyl (C=O) groups is 1. The highest BCUT2D eigenvalue weighted by Gasteiger charge is 2.43. The third-order valence-corrected chi connectivity index (χ3v) is 5.84. The van der Waals surface area contributed by atoms with Crippen LogP contribution in [-0.4, -0.2) is 40.3 Å². The summed E-state index contributed by atoms with van der Waals surface area (Å²) in [5.41, 5.74) is 1.90. The Morgan fingerprint density at radius 3 is 2.45 bits per heavy atom. The third kappa shape index (κ3) is 3.19. The van der Waals surface area contributed by atoms with Crippen molar-refractivity contribution in [2.24, 2.45) is 0 Å². The van der Waals surface area contributed by atoms with E-state index in [2.05, 4.69) is 5.10 Å². The third-order valence-electron chi connectivity index (χ3n) is 3.83.